The van der Waals surface area contributed by atoms with E-state index in [1.54, 1.807) is 11.6 Å². The predicted octanol–water partition coefficient (Wildman–Crippen LogP) is 2.71. The first kappa shape index (κ1) is 17.8. The van der Waals surface area contributed by atoms with Crippen LogP contribution in [0.25, 0.3) is 16.7 Å². The molecule has 0 bridgehead atoms. The van der Waals surface area contributed by atoms with Crippen LogP contribution < -0.4 is 5.56 Å². The second kappa shape index (κ2) is 7.11. The van der Waals surface area contributed by atoms with E-state index in [-0.39, 0.29) is 12.2 Å². The van der Waals surface area contributed by atoms with Crippen molar-refractivity contribution in [3.63, 3.8) is 0 Å². The first-order valence-corrected chi connectivity index (χ1v) is 8.67. The molecule has 7 nitrogen and oxygen atoms in total. The lowest BCUT2D eigenvalue weighted by molar-refractivity contribution is -0.147. The molecule has 136 valence electrons. The number of hydrogen-bond acceptors (Lipinski definition) is 5. The van der Waals surface area contributed by atoms with Gasteiger partial charge in [0.2, 0.25) is 0 Å². The number of rotatable bonds is 5. The smallest absolute Gasteiger partial charge is 0.329 e. The van der Waals surface area contributed by atoms with E-state index in [1.807, 2.05) is 39.0 Å². The Hall–Kier alpha value is -2.96. The average Bonchev–Trinajstić information content (AvgIpc) is 3.05. The van der Waals surface area contributed by atoms with Crippen LogP contribution in [0.4, 0.5) is 0 Å². The number of aryl methyl sites for hydroxylation is 2. The van der Waals surface area contributed by atoms with E-state index in [0.717, 1.165) is 11.3 Å². The highest BCUT2D eigenvalue weighted by atomic mass is 16.5. The molecular formula is C19H22N4O3. The van der Waals surface area contributed by atoms with Crippen LogP contribution in [0.5, 0.6) is 0 Å². The number of ether oxygens (including phenoxy) is 1. The molecule has 0 aliphatic heterocycles. The Balaban J connectivity index is 2.10. The van der Waals surface area contributed by atoms with Gasteiger partial charge in [0.25, 0.3) is 5.56 Å². The van der Waals surface area contributed by atoms with Gasteiger partial charge in [-0.25, -0.2) is 14.5 Å². The summed E-state index contributed by atoms with van der Waals surface area (Å²) in [5.41, 5.74) is 3.32. The Morgan fingerprint density at radius 3 is 2.65 bits per heavy atom. The minimum absolute atomic E-state index is 0.268. The van der Waals surface area contributed by atoms with E-state index >= 15 is 0 Å². The van der Waals surface area contributed by atoms with Gasteiger partial charge < -0.3 is 4.74 Å². The van der Waals surface area contributed by atoms with Crippen LogP contribution in [-0.2, 0) is 9.53 Å². The fraction of sp³-hybridized carbons (Fsp3) is 0.368. The van der Waals surface area contributed by atoms with Gasteiger partial charge in [-0.3, -0.25) is 9.36 Å². The zero-order valence-electron chi connectivity index (χ0n) is 15.4. The van der Waals surface area contributed by atoms with E-state index in [1.165, 1.54) is 22.7 Å². The van der Waals surface area contributed by atoms with Crippen LogP contribution in [0.3, 0.4) is 0 Å². The largest absolute Gasteiger partial charge is 0.464 e. The SMILES string of the molecule is CCOC(=O)[C@@H](CC)n1cnc2c(cnn2-c2ccc(C)c(C)c2)c1=O. The van der Waals surface area contributed by atoms with E-state index < -0.39 is 12.0 Å². The summed E-state index contributed by atoms with van der Waals surface area (Å²) in [6.07, 6.45) is 3.33. The molecule has 0 aliphatic rings. The summed E-state index contributed by atoms with van der Waals surface area (Å²) >= 11 is 0. The molecule has 1 atom stereocenters. The third-order valence-electron chi connectivity index (χ3n) is 4.53. The lowest BCUT2D eigenvalue weighted by Crippen LogP contribution is -2.31. The van der Waals surface area contributed by atoms with Crippen LogP contribution in [0.15, 0.2) is 35.5 Å². The van der Waals surface area contributed by atoms with Gasteiger partial charge in [0.15, 0.2) is 5.65 Å². The molecule has 7 heteroatoms. The molecule has 0 fully saturated rings. The fourth-order valence-corrected chi connectivity index (χ4v) is 2.91. The standard InChI is InChI=1S/C19H22N4O3/c1-5-16(19(25)26-6-2)22-11-20-17-15(18(22)24)10-21-23(17)14-8-7-12(3)13(4)9-14/h7-11,16H,5-6H2,1-4H3/t16-/m1/s1. The third-order valence-corrected chi connectivity index (χ3v) is 4.53. The van der Waals surface area contributed by atoms with Crippen LogP contribution >= 0.6 is 0 Å². The summed E-state index contributed by atoms with van der Waals surface area (Å²) in [7, 11) is 0. The zero-order valence-corrected chi connectivity index (χ0v) is 15.4. The van der Waals surface area contributed by atoms with Gasteiger partial charge in [-0.05, 0) is 50.5 Å². The Bertz CT molecular complexity index is 1020. The first-order valence-electron chi connectivity index (χ1n) is 8.67. The van der Waals surface area contributed by atoms with Crippen LogP contribution in [-0.4, -0.2) is 31.9 Å². The first-order chi connectivity index (χ1) is 12.5. The molecule has 0 radical (unpaired) electrons. The second-order valence-corrected chi connectivity index (χ2v) is 6.20. The second-order valence-electron chi connectivity index (χ2n) is 6.20. The molecule has 0 saturated heterocycles. The van der Waals surface area contributed by atoms with Gasteiger partial charge in [0, 0.05) is 0 Å². The lowest BCUT2D eigenvalue weighted by Gasteiger charge is -2.16. The molecule has 2 heterocycles. The maximum atomic E-state index is 12.9. The molecule has 0 aliphatic carbocycles. The van der Waals surface area contributed by atoms with Crippen molar-refractivity contribution in [3.05, 3.63) is 52.2 Å². The van der Waals surface area contributed by atoms with Crippen molar-refractivity contribution in [1.29, 1.82) is 0 Å². The van der Waals surface area contributed by atoms with Gasteiger partial charge in [-0.1, -0.05) is 13.0 Å². The van der Waals surface area contributed by atoms with E-state index in [0.29, 0.717) is 17.5 Å². The van der Waals surface area contributed by atoms with E-state index in [2.05, 4.69) is 10.1 Å². The van der Waals surface area contributed by atoms with Gasteiger partial charge in [0.1, 0.15) is 17.8 Å². The molecule has 0 spiro atoms. The van der Waals surface area contributed by atoms with Crippen LogP contribution in [0.2, 0.25) is 0 Å². The summed E-state index contributed by atoms with van der Waals surface area (Å²) in [5.74, 6) is -0.431. The molecule has 0 unspecified atom stereocenters. The molecule has 1 aromatic carbocycles. The number of fused-ring (bicyclic) bond motifs is 1. The molecule has 2 aromatic heterocycles. The number of carbonyl (C=O) groups excluding carboxylic acids is 1. The molecule has 0 N–H and O–H groups in total. The normalized spacial score (nSPS) is 12.3. The highest BCUT2D eigenvalue weighted by Gasteiger charge is 2.23. The zero-order chi connectivity index (χ0) is 18.8. The third kappa shape index (κ3) is 3.00. The van der Waals surface area contributed by atoms with E-state index in [4.69, 9.17) is 4.74 Å². The molecule has 0 saturated carbocycles. The fourth-order valence-electron chi connectivity index (χ4n) is 2.91. The van der Waals surface area contributed by atoms with Crippen LogP contribution in [0.1, 0.15) is 37.4 Å². The monoisotopic (exact) mass is 354 g/mol. The Morgan fingerprint density at radius 1 is 1.23 bits per heavy atom. The number of nitrogens with zero attached hydrogens (tertiary/aromatic N) is 4. The quantitative estimate of drug-likeness (QED) is 0.658. The molecule has 3 aromatic rings. The number of carbonyl (C=O) groups is 1. The maximum absolute atomic E-state index is 12.9. The summed E-state index contributed by atoms with van der Waals surface area (Å²) in [6.45, 7) is 7.90. The number of benzene rings is 1. The highest BCUT2D eigenvalue weighted by molar-refractivity contribution is 5.77. The average molecular weight is 354 g/mol. The Morgan fingerprint density at radius 2 is 2.00 bits per heavy atom. The predicted molar refractivity (Wildman–Crippen MR) is 98.6 cm³/mol. The minimum atomic E-state index is -0.690. The lowest BCUT2D eigenvalue weighted by atomic mass is 10.1. The van der Waals surface area contributed by atoms with Crippen molar-refractivity contribution in [2.24, 2.45) is 0 Å². The summed E-state index contributed by atoms with van der Waals surface area (Å²) < 4.78 is 8.03. The maximum Gasteiger partial charge on any atom is 0.329 e. The number of esters is 1. The molecule has 3 rings (SSSR count). The van der Waals surface area contributed by atoms with Crippen molar-refractivity contribution in [3.8, 4) is 5.69 Å². The van der Waals surface area contributed by atoms with E-state index in [9.17, 15) is 9.59 Å². The van der Waals surface area contributed by atoms with Crippen molar-refractivity contribution in [2.45, 2.75) is 40.2 Å². The summed E-state index contributed by atoms with van der Waals surface area (Å²) in [4.78, 5) is 29.4. The summed E-state index contributed by atoms with van der Waals surface area (Å²) in [6, 6.07) is 5.26. The molecule has 0 amide bonds. The van der Waals surface area contributed by atoms with Crippen molar-refractivity contribution >= 4 is 17.0 Å². The Labute approximate surface area is 151 Å². The minimum Gasteiger partial charge on any atom is -0.464 e. The topological polar surface area (TPSA) is 79.0 Å². The summed E-state index contributed by atoms with van der Waals surface area (Å²) in [5, 5.41) is 4.70. The Kier molecular flexibility index (Phi) is 4.88. The van der Waals surface area contributed by atoms with Crippen LogP contribution in [0, 0.1) is 13.8 Å². The highest BCUT2D eigenvalue weighted by Crippen LogP contribution is 2.18. The number of aromatic nitrogens is 4. The van der Waals surface area contributed by atoms with Crippen molar-refractivity contribution in [2.75, 3.05) is 6.61 Å². The van der Waals surface area contributed by atoms with Gasteiger partial charge >= 0.3 is 5.97 Å². The van der Waals surface area contributed by atoms with Gasteiger partial charge in [-0.2, -0.15) is 5.10 Å². The number of hydrogen-bond donors (Lipinski definition) is 0. The molecule has 26 heavy (non-hydrogen) atoms. The van der Waals surface area contributed by atoms with Gasteiger partial charge in [0.05, 0.1) is 18.5 Å². The van der Waals surface area contributed by atoms with Crippen molar-refractivity contribution in [1.82, 2.24) is 19.3 Å². The molecular weight excluding hydrogens is 332 g/mol. The van der Waals surface area contributed by atoms with Crippen molar-refractivity contribution < 1.29 is 9.53 Å². The van der Waals surface area contributed by atoms with Gasteiger partial charge in [-0.15, -0.1) is 0 Å².